The molecule has 7 heteroatoms. The summed E-state index contributed by atoms with van der Waals surface area (Å²) in [4.78, 5) is 0. The molecular formula is C10H13BrFNO3S. The van der Waals surface area contributed by atoms with Crippen LogP contribution in [0.15, 0.2) is 22.7 Å². The molecule has 0 heterocycles. The van der Waals surface area contributed by atoms with Crippen LogP contribution in [0.2, 0.25) is 0 Å². The summed E-state index contributed by atoms with van der Waals surface area (Å²) in [5.41, 5.74) is 0.329. The molecule has 0 fully saturated rings. The van der Waals surface area contributed by atoms with Gasteiger partial charge in [-0.25, -0.2) is 12.8 Å². The predicted molar refractivity (Wildman–Crippen MR) is 68.0 cm³/mol. The van der Waals surface area contributed by atoms with Crippen molar-refractivity contribution in [3.8, 4) is 0 Å². The Kier molecular flexibility index (Phi) is 5.35. The van der Waals surface area contributed by atoms with Crippen LogP contribution >= 0.6 is 15.9 Å². The molecule has 0 amide bonds. The van der Waals surface area contributed by atoms with Gasteiger partial charge in [0.2, 0.25) is 10.0 Å². The van der Waals surface area contributed by atoms with E-state index in [0.717, 1.165) is 0 Å². The van der Waals surface area contributed by atoms with Crippen LogP contribution < -0.4 is 4.72 Å². The number of anilines is 1. The molecule has 96 valence electrons. The molecule has 1 rings (SSSR count). The quantitative estimate of drug-likeness (QED) is 0.817. The lowest BCUT2D eigenvalue weighted by Gasteiger charge is -2.08. The van der Waals surface area contributed by atoms with Crippen molar-refractivity contribution >= 4 is 31.6 Å². The predicted octanol–water partition coefficient (Wildman–Crippen LogP) is 2.37. The molecule has 1 aromatic rings. The summed E-state index contributed by atoms with van der Waals surface area (Å²) < 4.78 is 43.5. The fourth-order valence-electron chi connectivity index (χ4n) is 1.18. The van der Waals surface area contributed by atoms with Gasteiger partial charge >= 0.3 is 0 Å². The van der Waals surface area contributed by atoms with Gasteiger partial charge in [0.05, 0.1) is 10.2 Å². The summed E-state index contributed by atoms with van der Waals surface area (Å²) in [6, 6.07) is 3.94. The van der Waals surface area contributed by atoms with Crippen molar-refractivity contribution in [3.05, 3.63) is 28.5 Å². The molecule has 1 N–H and O–H groups in total. The first-order valence-corrected chi connectivity index (χ1v) is 7.33. The van der Waals surface area contributed by atoms with Crippen LogP contribution in [0.5, 0.6) is 0 Å². The van der Waals surface area contributed by atoms with Crippen molar-refractivity contribution in [2.45, 2.75) is 6.42 Å². The molecule has 1 aromatic carbocycles. The Labute approximate surface area is 108 Å². The molecule has 0 aliphatic heterocycles. The van der Waals surface area contributed by atoms with Gasteiger partial charge in [0.15, 0.2) is 0 Å². The lowest BCUT2D eigenvalue weighted by Crippen LogP contribution is -2.17. The number of ether oxygens (including phenoxy) is 1. The number of sulfonamides is 1. The van der Waals surface area contributed by atoms with Crippen molar-refractivity contribution in [1.82, 2.24) is 0 Å². The lowest BCUT2D eigenvalue weighted by atomic mass is 10.3. The maximum Gasteiger partial charge on any atom is 0.232 e. The summed E-state index contributed by atoms with van der Waals surface area (Å²) in [6.07, 6.45) is 0.411. The first kappa shape index (κ1) is 14.4. The number of hydrogen-bond donors (Lipinski definition) is 1. The van der Waals surface area contributed by atoms with E-state index >= 15 is 0 Å². The van der Waals surface area contributed by atoms with Crippen molar-refractivity contribution < 1.29 is 17.5 Å². The molecule has 0 aliphatic carbocycles. The fourth-order valence-corrected chi connectivity index (χ4v) is 2.65. The third-order valence-corrected chi connectivity index (χ3v) is 3.94. The molecule has 0 spiro atoms. The van der Waals surface area contributed by atoms with E-state index in [1.807, 2.05) is 0 Å². The van der Waals surface area contributed by atoms with Crippen molar-refractivity contribution in [3.63, 3.8) is 0 Å². The zero-order chi connectivity index (χ0) is 12.9. The first-order chi connectivity index (χ1) is 7.94. The van der Waals surface area contributed by atoms with Gasteiger partial charge in [-0.05, 0) is 40.5 Å². The van der Waals surface area contributed by atoms with Crippen LogP contribution in [-0.4, -0.2) is 27.9 Å². The van der Waals surface area contributed by atoms with Gasteiger partial charge in [-0.3, -0.25) is 4.72 Å². The van der Waals surface area contributed by atoms with E-state index in [2.05, 4.69) is 20.7 Å². The molecule has 0 radical (unpaired) electrons. The van der Waals surface area contributed by atoms with Gasteiger partial charge < -0.3 is 4.74 Å². The largest absolute Gasteiger partial charge is 0.385 e. The average Bonchev–Trinajstić information content (AvgIpc) is 2.23. The molecule has 0 bridgehead atoms. The van der Waals surface area contributed by atoms with Crippen LogP contribution in [0.4, 0.5) is 10.1 Å². The summed E-state index contributed by atoms with van der Waals surface area (Å²) >= 11 is 2.99. The molecule has 0 saturated heterocycles. The van der Waals surface area contributed by atoms with E-state index in [4.69, 9.17) is 4.74 Å². The SMILES string of the molecule is COCCCS(=O)(=O)Nc1ccc(F)c(Br)c1. The standard InChI is InChI=1S/C10H13BrFNO3S/c1-16-5-2-6-17(14,15)13-8-3-4-10(12)9(11)7-8/h3-4,7,13H,2,5-6H2,1H3. The number of hydrogen-bond acceptors (Lipinski definition) is 3. The number of halogens is 2. The van der Waals surface area contributed by atoms with Gasteiger partial charge in [-0.2, -0.15) is 0 Å². The average molecular weight is 326 g/mol. The molecule has 4 nitrogen and oxygen atoms in total. The second kappa shape index (κ2) is 6.32. The van der Waals surface area contributed by atoms with Gasteiger partial charge in [-0.15, -0.1) is 0 Å². The van der Waals surface area contributed by atoms with E-state index in [1.165, 1.54) is 25.3 Å². The molecule has 0 saturated carbocycles. The van der Waals surface area contributed by atoms with Gasteiger partial charge in [-0.1, -0.05) is 0 Å². The second-order valence-corrected chi connectivity index (χ2v) is 6.09. The van der Waals surface area contributed by atoms with Crippen LogP contribution in [0.3, 0.4) is 0 Å². The van der Waals surface area contributed by atoms with E-state index in [0.29, 0.717) is 18.7 Å². The summed E-state index contributed by atoms with van der Waals surface area (Å²) in [6.45, 7) is 0.383. The molecular weight excluding hydrogens is 313 g/mol. The molecule has 0 aliphatic rings. The molecule has 17 heavy (non-hydrogen) atoms. The van der Waals surface area contributed by atoms with E-state index < -0.39 is 15.8 Å². The van der Waals surface area contributed by atoms with Gasteiger partial charge in [0.25, 0.3) is 0 Å². The summed E-state index contributed by atoms with van der Waals surface area (Å²) in [5.74, 6) is -0.470. The number of methoxy groups -OCH3 is 1. The highest BCUT2D eigenvalue weighted by Gasteiger charge is 2.11. The maximum absolute atomic E-state index is 12.9. The minimum Gasteiger partial charge on any atom is -0.385 e. The minimum atomic E-state index is -3.41. The summed E-state index contributed by atoms with van der Waals surface area (Å²) in [5, 5.41) is 0. The van der Waals surface area contributed by atoms with Crippen LogP contribution in [0.1, 0.15) is 6.42 Å². The summed E-state index contributed by atoms with van der Waals surface area (Å²) in [7, 11) is -1.90. The smallest absolute Gasteiger partial charge is 0.232 e. The third kappa shape index (κ3) is 5.01. The number of benzene rings is 1. The zero-order valence-electron chi connectivity index (χ0n) is 9.24. The Morgan fingerprint density at radius 1 is 1.47 bits per heavy atom. The Morgan fingerprint density at radius 3 is 2.76 bits per heavy atom. The highest BCUT2D eigenvalue weighted by molar-refractivity contribution is 9.10. The first-order valence-electron chi connectivity index (χ1n) is 4.89. The van der Waals surface area contributed by atoms with E-state index in [-0.39, 0.29) is 10.2 Å². The van der Waals surface area contributed by atoms with Crippen LogP contribution in [0.25, 0.3) is 0 Å². The van der Waals surface area contributed by atoms with Crippen molar-refractivity contribution in [1.29, 1.82) is 0 Å². The Bertz CT molecular complexity index is 478. The van der Waals surface area contributed by atoms with Crippen LogP contribution in [-0.2, 0) is 14.8 Å². The molecule has 0 aromatic heterocycles. The number of nitrogens with one attached hydrogen (secondary N) is 1. The second-order valence-electron chi connectivity index (χ2n) is 3.40. The monoisotopic (exact) mass is 325 g/mol. The minimum absolute atomic E-state index is 0.0319. The van der Waals surface area contributed by atoms with E-state index in [1.54, 1.807) is 0 Å². The zero-order valence-corrected chi connectivity index (χ0v) is 11.6. The van der Waals surface area contributed by atoms with Gasteiger partial charge in [0.1, 0.15) is 5.82 Å². The lowest BCUT2D eigenvalue weighted by molar-refractivity contribution is 0.199. The van der Waals surface area contributed by atoms with Crippen molar-refractivity contribution in [2.24, 2.45) is 0 Å². The highest BCUT2D eigenvalue weighted by atomic mass is 79.9. The number of rotatable bonds is 6. The topological polar surface area (TPSA) is 55.4 Å². The fraction of sp³-hybridized carbons (Fsp3) is 0.400. The highest BCUT2D eigenvalue weighted by Crippen LogP contribution is 2.20. The maximum atomic E-state index is 12.9. The van der Waals surface area contributed by atoms with Crippen LogP contribution in [0, 0.1) is 5.82 Å². The third-order valence-electron chi connectivity index (χ3n) is 1.95. The molecule has 0 unspecified atom stereocenters. The molecule has 0 atom stereocenters. The Morgan fingerprint density at radius 2 is 2.18 bits per heavy atom. The Hall–Kier alpha value is -0.660. The van der Waals surface area contributed by atoms with Crippen molar-refractivity contribution in [2.75, 3.05) is 24.2 Å². The van der Waals surface area contributed by atoms with E-state index in [9.17, 15) is 12.8 Å². The normalized spacial score (nSPS) is 11.5. The Balaban J connectivity index is 2.66. The van der Waals surface area contributed by atoms with Gasteiger partial charge in [0, 0.05) is 19.4 Å².